The molecule has 1 aliphatic rings. The van der Waals surface area contributed by atoms with Gasteiger partial charge in [-0.15, -0.1) is 0 Å². The van der Waals surface area contributed by atoms with Gasteiger partial charge in [0, 0.05) is 43.7 Å². The molecular formula is C27H26ClN5O3. The number of ether oxygens (including phenoxy) is 1. The van der Waals surface area contributed by atoms with Crippen LogP contribution in [-0.4, -0.2) is 65.1 Å². The molecule has 1 aliphatic heterocycles. The minimum atomic E-state index is -0.142. The summed E-state index contributed by atoms with van der Waals surface area (Å²) < 4.78 is 5.15. The maximum absolute atomic E-state index is 13.0. The lowest BCUT2D eigenvalue weighted by atomic mass is 10.1. The first kappa shape index (κ1) is 23.7. The van der Waals surface area contributed by atoms with Crippen molar-refractivity contribution in [1.82, 2.24) is 20.0 Å². The van der Waals surface area contributed by atoms with Crippen molar-refractivity contribution in [3.8, 4) is 5.75 Å². The average Bonchev–Trinajstić information content (AvgIpc) is 3.34. The van der Waals surface area contributed by atoms with Crippen molar-refractivity contribution >= 4 is 40.1 Å². The summed E-state index contributed by atoms with van der Waals surface area (Å²) in [6.45, 7) is 2.43. The standard InChI is InChI=1S/C27H26ClN5O3/c1-36-20-10-11-21(23(28)16-20)27(35)33-14-12-32(13-15-33)26(34)19-8-6-18(7-9-19)17-29-25-22-4-2-3-5-24(22)30-31-25/h2-11,16H,12-15,17H2,1H3,(H2,29,30,31). The normalized spacial score (nSPS) is 13.6. The van der Waals surface area contributed by atoms with Gasteiger partial charge in [0.15, 0.2) is 5.82 Å². The monoisotopic (exact) mass is 503 g/mol. The lowest BCUT2D eigenvalue weighted by Gasteiger charge is -2.35. The van der Waals surface area contributed by atoms with Gasteiger partial charge in [-0.05, 0) is 48.0 Å². The molecule has 0 bridgehead atoms. The number of nitrogens with one attached hydrogen (secondary N) is 2. The van der Waals surface area contributed by atoms with E-state index in [1.54, 1.807) is 35.1 Å². The van der Waals surface area contributed by atoms with E-state index >= 15 is 0 Å². The van der Waals surface area contributed by atoms with Crippen molar-refractivity contribution in [2.45, 2.75) is 6.54 Å². The van der Waals surface area contributed by atoms with Crippen LogP contribution >= 0.6 is 11.6 Å². The number of aromatic nitrogens is 2. The highest BCUT2D eigenvalue weighted by atomic mass is 35.5. The molecule has 0 saturated carbocycles. The number of nitrogens with zero attached hydrogens (tertiary/aromatic N) is 3. The van der Waals surface area contributed by atoms with E-state index in [4.69, 9.17) is 16.3 Å². The molecule has 5 rings (SSSR count). The van der Waals surface area contributed by atoms with Crippen LogP contribution in [0.15, 0.2) is 66.7 Å². The number of anilines is 1. The molecule has 1 aromatic heterocycles. The Balaban J connectivity index is 1.16. The second kappa shape index (κ2) is 10.3. The van der Waals surface area contributed by atoms with Gasteiger partial charge in [0.1, 0.15) is 5.75 Å². The number of H-pyrrole nitrogens is 1. The maximum Gasteiger partial charge on any atom is 0.255 e. The quantitative estimate of drug-likeness (QED) is 0.406. The Morgan fingerprint density at radius 1 is 0.972 bits per heavy atom. The lowest BCUT2D eigenvalue weighted by Crippen LogP contribution is -2.50. The number of rotatable bonds is 6. The van der Waals surface area contributed by atoms with E-state index in [1.807, 2.05) is 48.5 Å². The first-order chi connectivity index (χ1) is 17.5. The first-order valence-electron chi connectivity index (χ1n) is 11.7. The van der Waals surface area contributed by atoms with Crippen LogP contribution in [0.25, 0.3) is 10.9 Å². The van der Waals surface area contributed by atoms with Gasteiger partial charge in [0.25, 0.3) is 11.8 Å². The molecule has 2 N–H and O–H groups in total. The van der Waals surface area contributed by atoms with Gasteiger partial charge in [-0.1, -0.05) is 35.9 Å². The molecule has 36 heavy (non-hydrogen) atoms. The highest BCUT2D eigenvalue weighted by Crippen LogP contribution is 2.24. The molecule has 8 nitrogen and oxygen atoms in total. The van der Waals surface area contributed by atoms with Crippen molar-refractivity contribution in [1.29, 1.82) is 0 Å². The number of amides is 2. The molecule has 1 fully saturated rings. The number of benzene rings is 3. The number of aromatic amines is 1. The zero-order chi connectivity index (χ0) is 25.1. The van der Waals surface area contributed by atoms with Crippen LogP contribution in [-0.2, 0) is 6.54 Å². The number of halogens is 1. The predicted octanol–water partition coefficient (Wildman–Crippen LogP) is 4.44. The van der Waals surface area contributed by atoms with E-state index in [2.05, 4.69) is 15.5 Å². The summed E-state index contributed by atoms with van der Waals surface area (Å²) in [6, 6.07) is 20.5. The summed E-state index contributed by atoms with van der Waals surface area (Å²) in [7, 11) is 1.55. The van der Waals surface area contributed by atoms with Gasteiger partial charge < -0.3 is 19.9 Å². The number of methoxy groups -OCH3 is 1. The second-order valence-electron chi connectivity index (χ2n) is 8.60. The Bertz CT molecular complexity index is 1390. The van der Waals surface area contributed by atoms with Crippen molar-refractivity contribution in [3.05, 3.63) is 88.4 Å². The number of fused-ring (bicyclic) bond motifs is 1. The third-order valence-electron chi connectivity index (χ3n) is 6.39. The summed E-state index contributed by atoms with van der Waals surface area (Å²) in [5.74, 6) is 1.22. The van der Waals surface area contributed by atoms with E-state index < -0.39 is 0 Å². The van der Waals surface area contributed by atoms with Crippen LogP contribution in [0.2, 0.25) is 5.02 Å². The zero-order valence-electron chi connectivity index (χ0n) is 19.8. The summed E-state index contributed by atoms with van der Waals surface area (Å²) in [4.78, 5) is 29.4. The Labute approximate surface area is 213 Å². The number of piperazine rings is 1. The molecule has 0 aliphatic carbocycles. The fourth-order valence-electron chi connectivity index (χ4n) is 4.31. The Kier molecular flexibility index (Phi) is 6.77. The highest BCUT2D eigenvalue weighted by Gasteiger charge is 2.26. The minimum Gasteiger partial charge on any atom is -0.497 e. The summed E-state index contributed by atoms with van der Waals surface area (Å²) >= 11 is 6.27. The lowest BCUT2D eigenvalue weighted by molar-refractivity contribution is 0.0535. The topological polar surface area (TPSA) is 90.6 Å². The third kappa shape index (κ3) is 4.85. The molecule has 1 saturated heterocycles. The van der Waals surface area contributed by atoms with E-state index in [-0.39, 0.29) is 11.8 Å². The summed E-state index contributed by atoms with van der Waals surface area (Å²) in [6.07, 6.45) is 0. The van der Waals surface area contributed by atoms with Crippen LogP contribution in [0.4, 0.5) is 5.82 Å². The van der Waals surface area contributed by atoms with Gasteiger partial charge in [-0.2, -0.15) is 5.10 Å². The minimum absolute atomic E-state index is 0.0395. The smallest absolute Gasteiger partial charge is 0.255 e. The third-order valence-corrected chi connectivity index (χ3v) is 6.70. The summed E-state index contributed by atoms with van der Waals surface area (Å²) in [5.41, 5.74) is 3.09. The molecular weight excluding hydrogens is 478 g/mol. The Morgan fingerprint density at radius 2 is 1.67 bits per heavy atom. The highest BCUT2D eigenvalue weighted by molar-refractivity contribution is 6.34. The van der Waals surface area contributed by atoms with Crippen LogP contribution in [0.3, 0.4) is 0 Å². The first-order valence-corrected chi connectivity index (χ1v) is 12.1. The molecule has 9 heteroatoms. The molecule has 2 heterocycles. The molecule has 4 aromatic rings. The van der Waals surface area contributed by atoms with E-state index in [0.717, 1.165) is 22.3 Å². The van der Waals surface area contributed by atoms with E-state index in [0.29, 0.717) is 54.6 Å². The van der Waals surface area contributed by atoms with Crippen molar-refractivity contribution < 1.29 is 14.3 Å². The number of hydrogen-bond donors (Lipinski definition) is 2. The van der Waals surface area contributed by atoms with Crippen molar-refractivity contribution in [2.24, 2.45) is 0 Å². The molecule has 0 spiro atoms. The molecule has 0 atom stereocenters. The van der Waals surface area contributed by atoms with E-state index in [9.17, 15) is 9.59 Å². The molecule has 184 valence electrons. The van der Waals surface area contributed by atoms with Crippen LogP contribution in [0.1, 0.15) is 26.3 Å². The molecule has 0 radical (unpaired) electrons. The van der Waals surface area contributed by atoms with Crippen LogP contribution in [0.5, 0.6) is 5.75 Å². The van der Waals surface area contributed by atoms with Gasteiger partial charge >= 0.3 is 0 Å². The Hall–Kier alpha value is -4.04. The molecule has 2 amide bonds. The Morgan fingerprint density at radius 3 is 2.36 bits per heavy atom. The van der Waals surface area contributed by atoms with Crippen molar-refractivity contribution in [3.63, 3.8) is 0 Å². The fourth-order valence-corrected chi connectivity index (χ4v) is 4.56. The number of carbonyl (C=O) groups is 2. The van der Waals surface area contributed by atoms with E-state index in [1.165, 1.54) is 0 Å². The second-order valence-corrected chi connectivity index (χ2v) is 9.01. The maximum atomic E-state index is 13.0. The van der Waals surface area contributed by atoms with Gasteiger partial charge in [-0.3, -0.25) is 14.7 Å². The van der Waals surface area contributed by atoms with Gasteiger partial charge in [0.05, 0.1) is 23.2 Å². The van der Waals surface area contributed by atoms with Gasteiger partial charge in [0.2, 0.25) is 0 Å². The van der Waals surface area contributed by atoms with Crippen molar-refractivity contribution in [2.75, 3.05) is 38.6 Å². The van der Waals surface area contributed by atoms with Crippen LogP contribution < -0.4 is 10.1 Å². The number of hydrogen-bond acceptors (Lipinski definition) is 5. The summed E-state index contributed by atoms with van der Waals surface area (Å²) in [5, 5.41) is 12.1. The SMILES string of the molecule is COc1ccc(C(=O)N2CCN(C(=O)c3ccc(CNc4n[nH]c5ccccc45)cc3)CC2)c(Cl)c1. The number of para-hydroxylation sites is 1. The molecule has 0 unspecified atom stereocenters. The zero-order valence-corrected chi connectivity index (χ0v) is 20.6. The number of carbonyl (C=O) groups excluding carboxylic acids is 2. The molecule has 3 aromatic carbocycles. The fraction of sp³-hybridized carbons (Fsp3) is 0.222. The predicted molar refractivity (Wildman–Crippen MR) is 140 cm³/mol. The van der Waals surface area contributed by atoms with Crippen LogP contribution in [0, 0.1) is 0 Å². The largest absolute Gasteiger partial charge is 0.497 e. The van der Waals surface area contributed by atoms with Gasteiger partial charge in [-0.25, -0.2) is 0 Å². The average molecular weight is 504 g/mol.